The summed E-state index contributed by atoms with van der Waals surface area (Å²) < 4.78 is 0. The lowest BCUT2D eigenvalue weighted by Crippen LogP contribution is -2.39. The van der Waals surface area contributed by atoms with E-state index in [0.29, 0.717) is 12.3 Å². The minimum absolute atomic E-state index is 0.124. The molecule has 2 aliphatic carbocycles. The molecule has 2 fully saturated rings. The quantitative estimate of drug-likeness (QED) is 0.617. The monoisotopic (exact) mass is 226 g/mol. The Hall–Kier alpha value is -0.545. The van der Waals surface area contributed by atoms with Gasteiger partial charge >= 0.3 is 13.1 Å². The number of carboxylic acids is 1. The third-order valence-corrected chi connectivity index (χ3v) is 4.43. The maximum Gasteiger partial charge on any atom is 0.454 e. The Labute approximate surface area is 95.8 Å². The van der Waals surface area contributed by atoms with Crippen LogP contribution in [0.4, 0.5) is 0 Å². The van der Waals surface area contributed by atoms with Crippen LogP contribution in [0, 0.1) is 17.8 Å². The van der Waals surface area contributed by atoms with Crippen molar-refractivity contribution in [1.29, 1.82) is 0 Å². The normalized spacial score (nSPS) is 38.9. The van der Waals surface area contributed by atoms with Crippen molar-refractivity contribution in [3.8, 4) is 0 Å². The predicted molar refractivity (Wildman–Crippen MR) is 59.7 cm³/mol. The first-order chi connectivity index (χ1) is 7.59. The van der Waals surface area contributed by atoms with Crippen LogP contribution in [0.1, 0.15) is 38.5 Å². The van der Waals surface area contributed by atoms with E-state index in [1.165, 1.54) is 0 Å². The zero-order valence-electron chi connectivity index (χ0n) is 9.38. The molecule has 0 spiro atoms. The van der Waals surface area contributed by atoms with Gasteiger partial charge in [-0.05, 0) is 30.5 Å². The Bertz CT molecular complexity index is 269. The minimum atomic E-state index is -1.28. The molecule has 2 rings (SSSR count). The molecule has 2 aliphatic rings. The molecule has 5 heteroatoms. The van der Waals surface area contributed by atoms with Gasteiger partial charge in [0.1, 0.15) is 0 Å². The van der Waals surface area contributed by atoms with Crippen molar-refractivity contribution in [2.45, 2.75) is 44.3 Å². The highest BCUT2D eigenvalue weighted by atomic mass is 16.4. The SMILES string of the molecule is O=C(O)C1CCCC2CCC(B(O)O)CC21. The molecule has 16 heavy (non-hydrogen) atoms. The lowest BCUT2D eigenvalue weighted by Gasteiger charge is -2.42. The van der Waals surface area contributed by atoms with Gasteiger partial charge in [-0.3, -0.25) is 4.79 Å². The van der Waals surface area contributed by atoms with E-state index in [2.05, 4.69) is 0 Å². The van der Waals surface area contributed by atoms with Gasteiger partial charge in [0.05, 0.1) is 5.92 Å². The summed E-state index contributed by atoms with van der Waals surface area (Å²) >= 11 is 0. The third-order valence-electron chi connectivity index (χ3n) is 4.43. The molecule has 0 heterocycles. The number of hydrogen-bond acceptors (Lipinski definition) is 3. The summed E-state index contributed by atoms with van der Waals surface area (Å²) in [4.78, 5) is 11.2. The van der Waals surface area contributed by atoms with E-state index in [9.17, 15) is 19.9 Å². The summed E-state index contributed by atoms with van der Waals surface area (Å²) in [5.41, 5.74) is 0. The van der Waals surface area contributed by atoms with Crippen LogP contribution in [-0.4, -0.2) is 28.2 Å². The molecule has 4 unspecified atom stereocenters. The van der Waals surface area contributed by atoms with Gasteiger partial charge < -0.3 is 15.2 Å². The van der Waals surface area contributed by atoms with Crippen LogP contribution in [0.3, 0.4) is 0 Å². The highest BCUT2D eigenvalue weighted by Gasteiger charge is 2.43. The number of carbonyl (C=O) groups is 1. The Morgan fingerprint density at radius 2 is 1.88 bits per heavy atom. The van der Waals surface area contributed by atoms with Crippen molar-refractivity contribution in [1.82, 2.24) is 0 Å². The van der Waals surface area contributed by atoms with Gasteiger partial charge in [0.25, 0.3) is 0 Å². The second-order valence-corrected chi connectivity index (χ2v) is 5.29. The third kappa shape index (κ3) is 2.25. The lowest BCUT2D eigenvalue weighted by atomic mass is 9.55. The molecule has 0 aliphatic heterocycles. The topological polar surface area (TPSA) is 77.8 Å². The molecule has 4 nitrogen and oxygen atoms in total. The molecule has 2 saturated carbocycles. The van der Waals surface area contributed by atoms with E-state index >= 15 is 0 Å². The summed E-state index contributed by atoms with van der Waals surface area (Å²) in [7, 11) is -1.28. The van der Waals surface area contributed by atoms with Gasteiger partial charge in [-0.25, -0.2) is 0 Å². The van der Waals surface area contributed by atoms with Crippen LogP contribution >= 0.6 is 0 Å². The number of fused-ring (bicyclic) bond motifs is 1. The summed E-state index contributed by atoms with van der Waals surface area (Å²) in [6.07, 6.45) is 5.32. The van der Waals surface area contributed by atoms with E-state index in [1.54, 1.807) is 0 Å². The number of rotatable bonds is 2. The van der Waals surface area contributed by atoms with Crippen LogP contribution in [0.5, 0.6) is 0 Å². The molecule has 0 aromatic heterocycles. The fourth-order valence-electron chi connectivity index (χ4n) is 3.54. The minimum Gasteiger partial charge on any atom is -0.481 e. The van der Waals surface area contributed by atoms with Crippen LogP contribution in [-0.2, 0) is 4.79 Å². The molecule has 0 bridgehead atoms. The van der Waals surface area contributed by atoms with E-state index in [1.807, 2.05) is 0 Å². The van der Waals surface area contributed by atoms with E-state index in [0.717, 1.165) is 32.1 Å². The first-order valence-electron chi connectivity index (χ1n) is 6.18. The average Bonchev–Trinajstić information content (AvgIpc) is 2.27. The van der Waals surface area contributed by atoms with E-state index < -0.39 is 13.1 Å². The van der Waals surface area contributed by atoms with Crippen molar-refractivity contribution >= 4 is 13.1 Å². The Kier molecular flexibility index (Phi) is 3.55. The molecule has 0 saturated heterocycles. The van der Waals surface area contributed by atoms with E-state index in [-0.39, 0.29) is 17.7 Å². The second-order valence-electron chi connectivity index (χ2n) is 5.29. The number of hydrogen-bond donors (Lipinski definition) is 3. The summed E-state index contributed by atoms with van der Waals surface area (Å²) in [5, 5.41) is 27.6. The molecule has 3 N–H and O–H groups in total. The summed E-state index contributed by atoms with van der Waals surface area (Å²) in [5.74, 6) is -0.444. The van der Waals surface area contributed by atoms with Crippen molar-refractivity contribution in [2.24, 2.45) is 17.8 Å². The standard InChI is InChI=1S/C11H19BO4/c13-11(14)9-3-1-2-7-4-5-8(12(15)16)6-10(7)9/h7-10,15-16H,1-6H2,(H,13,14). The van der Waals surface area contributed by atoms with Crippen molar-refractivity contribution in [3.63, 3.8) is 0 Å². The van der Waals surface area contributed by atoms with Gasteiger partial charge in [-0.2, -0.15) is 0 Å². The zero-order chi connectivity index (χ0) is 11.7. The van der Waals surface area contributed by atoms with Crippen LogP contribution in [0.25, 0.3) is 0 Å². The Morgan fingerprint density at radius 1 is 1.12 bits per heavy atom. The van der Waals surface area contributed by atoms with Gasteiger partial charge in [0.15, 0.2) is 0 Å². The molecular weight excluding hydrogens is 207 g/mol. The van der Waals surface area contributed by atoms with Gasteiger partial charge in [0, 0.05) is 0 Å². The number of carboxylic acid groups (broad SMARTS) is 1. The summed E-state index contributed by atoms with van der Waals surface area (Å²) in [6, 6.07) is 0. The predicted octanol–water partition coefficient (Wildman–Crippen LogP) is 1.13. The Morgan fingerprint density at radius 3 is 2.50 bits per heavy atom. The van der Waals surface area contributed by atoms with Crippen LogP contribution < -0.4 is 0 Å². The van der Waals surface area contributed by atoms with Crippen LogP contribution in [0.15, 0.2) is 0 Å². The molecule has 0 amide bonds. The van der Waals surface area contributed by atoms with Crippen molar-refractivity contribution in [2.75, 3.05) is 0 Å². The largest absolute Gasteiger partial charge is 0.481 e. The second kappa shape index (κ2) is 4.76. The average molecular weight is 226 g/mol. The van der Waals surface area contributed by atoms with Crippen molar-refractivity contribution < 1.29 is 19.9 Å². The first kappa shape index (κ1) is 11.9. The fourth-order valence-corrected chi connectivity index (χ4v) is 3.54. The maximum absolute atomic E-state index is 11.2. The molecule has 0 aromatic carbocycles. The van der Waals surface area contributed by atoms with E-state index in [4.69, 9.17) is 0 Å². The van der Waals surface area contributed by atoms with Crippen LogP contribution in [0.2, 0.25) is 5.82 Å². The van der Waals surface area contributed by atoms with Gasteiger partial charge in [-0.1, -0.05) is 25.7 Å². The molecular formula is C11H19BO4. The first-order valence-corrected chi connectivity index (χ1v) is 6.18. The number of aliphatic carboxylic acids is 1. The van der Waals surface area contributed by atoms with Gasteiger partial charge in [-0.15, -0.1) is 0 Å². The molecule has 90 valence electrons. The fraction of sp³-hybridized carbons (Fsp3) is 0.909. The summed E-state index contributed by atoms with van der Waals surface area (Å²) in [6.45, 7) is 0. The van der Waals surface area contributed by atoms with Gasteiger partial charge in [0.2, 0.25) is 0 Å². The molecule has 4 atom stereocenters. The van der Waals surface area contributed by atoms with Crippen molar-refractivity contribution in [3.05, 3.63) is 0 Å². The molecule has 0 radical (unpaired) electrons. The Balaban J connectivity index is 2.07. The molecule has 0 aromatic rings. The highest BCUT2D eigenvalue weighted by Crippen LogP contribution is 2.47. The maximum atomic E-state index is 11.2. The smallest absolute Gasteiger partial charge is 0.454 e. The zero-order valence-corrected chi connectivity index (χ0v) is 9.38. The lowest BCUT2D eigenvalue weighted by molar-refractivity contribution is -0.146. The highest BCUT2D eigenvalue weighted by molar-refractivity contribution is 6.43.